The Hall–Kier alpha value is -0.990. The molecular formula is C12H13ClN2. The van der Waals surface area contributed by atoms with Crippen molar-refractivity contribution >= 4 is 22.5 Å². The summed E-state index contributed by atoms with van der Waals surface area (Å²) in [4.78, 5) is 3.43. The molecule has 0 radical (unpaired) electrons. The number of aromatic amines is 1. The first-order valence-corrected chi connectivity index (χ1v) is 5.70. The standard InChI is InChI=1S/C12H13ClN2/c13-10-3-1-2-8-6-11(15-12(8)10)9-4-5-14-7-9/h1-3,6,9,14-15H,4-5,7H2/t9-/m0/s1. The lowest BCUT2D eigenvalue weighted by Gasteiger charge is -2.03. The summed E-state index contributed by atoms with van der Waals surface area (Å²) in [5.41, 5.74) is 2.38. The Kier molecular flexibility index (Phi) is 2.19. The Balaban J connectivity index is 2.09. The van der Waals surface area contributed by atoms with Crippen molar-refractivity contribution < 1.29 is 0 Å². The van der Waals surface area contributed by atoms with Crippen LogP contribution in [-0.4, -0.2) is 18.1 Å². The number of rotatable bonds is 1. The molecule has 1 saturated heterocycles. The molecule has 3 heteroatoms. The lowest BCUT2D eigenvalue weighted by Crippen LogP contribution is -2.07. The maximum Gasteiger partial charge on any atom is 0.0647 e. The van der Waals surface area contributed by atoms with Gasteiger partial charge in [-0.15, -0.1) is 0 Å². The van der Waals surface area contributed by atoms with Crippen LogP contribution >= 0.6 is 11.6 Å². The minimum absolute atomic E-state index is 0.619. The molecule has 0 amide bonds. The summed E-state index contributed by atoms with van der Waals surface area (Å²) in [6, 6.07) is 8.24. The summed E-state index contributed by atoms with van der Waals surface area (Å²) in [5.74, 6) is 0.619. The van der Waals surface area contributed by atoms with Crippen molar-refractivity contribution in [1.82, 2.24) is 10.3 Å². The second-order valence-corrected chi connectivity index (χ2v) is 4.53. The lowest BCUT2D eigenvalue weighted by molar-refractivity contribution is 0.743. The first kappa shape index (κ1) is 9.25. The van der Waals surface area contributed by atoms with E-state index in [4.69, 9.17) is 11.6 Å². The van der Waals surface area contributed by atoms with Crippen molar-refractivity contribution in [2.75, 3.05) is 13.1 Å². The molecule has 0 bridgehead atoms. The average molecular weight is 221 g/mol. The third-order valence-electron chi connectivity index (χ3n) is 3.13. The number of aromatic nitrogens is 1. The Bertz CT molecular complexity index is 483. The predicted molar refractivity (Wildman–Crippen MR) is 63.5 cm³/mol. The Morgan fingerprint density at radius 3 is 3.00 bits per heavy atom. The van der Waals surface area contributed by atoms with E-state index in [2.05, 4.69) is 22.4 Å². The number of benzene rings is 1. The van der Waals surface area contributed by atoms with Gasteiger partial charge in [0.2, 0.25) is 0 Å². The van der Waals surface area contributed by atoms with E-state index < -0.39 is 0 Å². The Morgan fingerprint density at radius 2 is 2.27 bits per heavy atom. The second kappa shape index (κ2) is 3.54. The van der Waals surface area contributed by atoms with E-state index in [0.29, 0.717) is 5.92 Å². The van der Waals surface area contributed by atoms with Crippen molar-refractivity contribution in [1.29, 1.82) is 0 Å². The van der Waals surface area contributed by atoms with Crippen LogP contribution in [0, 0.1) is 0 Å². The van der Waals surface area contributed by atoms with Gasteiger partial charge in [-0.2, -0.15) is 0 Å². The molecule has 2 aromatic rings. The van der Waals surface area contributed by atoms with E-state index in [1.54, 1.807) is 0 Å². The van der Waals surface area contributed by atoms with Crippen LogP contribution in [0.5, 0.6) is 0 Å². The van der Waals surface area contributed by atoms with Gasteiger partial charge in [0.15, 0.2) is 0 Å². The highest BCUT2D eigenvalue weighted by Crippen LogP contribution is 2.28. The molecule has 2 nitrogen and oxygen atoms in total. The van der Waals surface area contributed by atoms with Crippen LogP contribution in [0.4, 0.5) is 0 Å². The van der Waals surface area contributed by atoms with Crippen molar-refractivity contribution in [2.45, 2.75) is 12.3 Å². The topological polar surface area (TPSA) is 27.8 Å². The highest BCUT2D eigenvalue weighted by atomic mass is 35.5. The third-order valence-corrected chi connectivity index (χ3v) is 3.44. The van der Waals surface area contributed by atoms with Gasteiger partial charge >= 0.3 is 0 Å². The molecule has 0 unspecified atom stereocenters. The van der Waals surface area contributed by atoms with Crippen LogP contribution in [0.3, 0.4) is 0 Å². The van der Waals surface area contributed by atoms with Gasteiger partial charge in [0.1, 0.15) is 0 Å². The zero-order valence-corrected chi connectivity index (χ0v) is 9.14. The number of nitrogens with one attached hydrogen (secondary N) is 2. The van der Waals surface area contributed by atoms with E-state index >= 15 is 0 Å². The maximum absolute atomic E-state index is 6.13. The van der Waals surface area contributed by atoms with Gasteiger partial charge in [0, 0.05) is 23.5 Å². The highest BCUT2D eigenvalue weighted by Gasteiger charge is 2.18. The SMILES string of the molecule is Clc1cccc2cc([C@H]3CCNC3)[nH]c12. The van der Waals surface area contributed by atoms with Gasteiger partial charge < -0.3 is 10.3 Å². The summed E-state index contributed by atoms with van der Waals surface area (Å²) in [7, 11) is 0. The van der Waals surface area contributed by atoms with Crippen LogP contribution in [0.15, 0.2) is 24.3 Å². The second-order valence-electron chi connectivity index (χ2n) is 4.12. The fourth-order valence-electron chi connectivity index (χ4n) is 2.28. The molecule has 1 aliphatic rings. The summed E-state index contributed by atoms with van der Waals surface area (Å²) >= 11 is 6.13. The van der Waals surface area contributed by atoms with Crippen molar-refractivity contribution in [2.24, 2.45) is 0 Å². The molecule has 0 saturated carbocycles. The quantitative estimate of drug-likeness (QED) is 0.760. The van der Waals surface area contributed by atoms with Crippen LogP contribution in [0.1, 0.15) is 18.0 Å². The zero-order valence-electron chi connectivity index (χ0n) is 8.39. The van der Waals surface area contributed by atoms with Crippen LogP contribution in [-0.2, 0) is 0 Å². The molecule has 2 heterocycles. The minimum atomic E-state index is 0.619. The normalized spacial score (nSPS) is 21.3. The summed E-state index contributed by atoms with van der Waals surface area (Å²) in [5, 5.41) is 5.40. The molecule has 2 N–H and O–H groups in total. The lowest BCUT2D eigenvalue weighted by atomic mass is 10.1. The molecule has 1 atom stereocenters. The van der Waals surface area contributed by atoms with Crippen LogP contribution in [0.25, 0.3) is 10.9 Å². The number of hydrogen-bond donors (Lipinski definition) is 2. The smallest absolute Gasteiger partial charge is 0.0647 e. The van der Waals surface area contributed by atoms with Crippen molar-refractivity contribution in [3.63, 3.8) is 0 Å². The fourth-order valence-corrected chi connectivity index (χ4v) is 2.51. The first-order valence-electron chi connectivity index (χ1n) is 5.32. The van der Waals surface area contributed by atoms with Gasteiger partial charge in [-0.25, -0.2) is 0 Å². The molecule has 0 aliphatic carbocycles. The van der Waals surface area contributed by atoms with Crippen molar-refractivity contribution in [3.8, 4) is 0 Å². The largest absolute Gasteiger partial charge is 0.357 e. The van der Waals surface area contributed by atoms with Gasteiger partial charge in [0.05, 0.1) is 10.5 Å². The zero-order chi connectivity index (χ0) is 10.3. The Morgan fingerprint density at radius 1 is 1.33 bits per heavy atom. The van der Waals surface area contributed by atoms with E-state index in [9.17, 15) is 0 Å². The van der Waals surface area contributed by atoms with Gasteiger partial charge in [-0.05, 0) is 25.1 Å². The van der Waals surface area contributed by atoms with Crippen LogP contribution in [0.2, 0.25) is 5.02 Å². The van der Waals surface area contributed by atoms with Gasteiger partial charge in [0.25, 0.3) is 0 Å². The number of fused-ring (bicyclic) bond motifs is 1. The summed E-state index contributed by atoms with van der Waals surface area (Å²) in [6.45, 7) is 2.19. The third kappa shape index (κ3) is 1.54. The van der Waals surface area contributed by atoms with E-state index in [1.165, 1.54) is 17.5 Å². The van der Waals surface area contributed by atoms with E-state index in [-0.39, 0.29) is 0 Å². The highest BCUT2D eigenvalue weighted by molar-refractivity contribution is 6.35. The molecule has 1 aromatic heterocycles. The van der Waals surface area contributed by atoms with Crippen LogP contribution < -0.4 is 5.32 Å². The average Bonchev–Trinajstić information content (AvgIpc) is 2.86. The van der Waals surface area contributed by atoms with Gasteiger partial charge in [-0.3, -0.25) is 0 Å². The fraction of sp³-hybridized carbons (Fsp3) is 0.333. The molecular weight excluding hydrogens is 208 g/mol. The molecule has 1 aromatic carbocycles. The molecule has 1 aliphatic heterocycles. The maximum atomic E-state index is 6.13. The molecule has 1 fully saturated rings. The molecule has 78 valence electrons. The van der Waals surface area contributed by atoms with Gasteiger partial charge in [-0.1, -0.05) is 23.7 Å². The number of para-hydroxylation sites is 1. The van der Waals surface area contributed by atoms with E-state index in [0.717, 1.165) is 23.6 Å². The number of H-pyrrole nitrogens is 1. The number of halogens is 1. The Labute approximate surface area is 93.6 Å². The number of hydrogen-bond acceptors (Lipinski definition) is 1. The predicted octanol–water partition coefficient (Wildman–Crippen LogP) is 2.90. The van der Waals surface area contributed by atoms with Crippen molar-refractivity contribution in [3.05, 3.63) is 35.0 Å². The first-order chi connectivity index (χ1) is 7.34. The summed E-state index contributed by atoms with van der Waals surface area (Å²) < 4.78 is 0. The molecule has 0 spiro atoms. The molecule has 15 heavy (non-hydrogen) atoms. The minimum Gasteiger partial charge on any atom is -0.357 e. The van der Waals surface area contributed by atoms with E-state index in [1.807, 2.05) is 12.1 Å². The monoisotopic (exact) mass is 220 g/mol. The molecule has 3 rings (SSSR count). The summed E-state index contributed by atoms with van der Waals surface area (Å²) in [6.07, 6.45) is 1.21.